The molecule has 10 heteroatoms. The lowest BCUT2D eigenvalue weighted by molar-refractivity contribution is -0.117. The summed E-state index contributed by atoms with van der Waals surface area (Å²) in [5.74, 6) is 0.717. The molecule has 0 aliphatic rings. The van der Waals surface area contributed by atoms with Crippen molar-refractivity contribution in [2.45, 2.75) is 38.0 Å². The third-order valence-electron chi connectivity index (χ3n) is 3.77. The summed E-state index contributed by atoms with van der Waals surface area (Å²) in [5, 5.41) is 14.0. The largest absolute Gasteiger partial charge is 0.446 e. The van der Waals surface area contributed by atoms with Gasteiger partial charge in [-0.2, -0.15) is 0 Å². The summed E-state index contributed by atoms with van der Waals surface area (Å²) in [4.78, 5) is 24.1. The second-order valence-corrected chi connectivity index (χ2v) is 9.25. The van der Waals surface area contributed by atoms with Gasteiger partial charge in [-0.15, -0.1) is 10.2 Å². The van der Waals surface area contributed by atoms with Gasteiger partial charge in [-0.25, -0.2) is 4.79 Å². The van der Waals surface area contributed by atoms with E-state index in [9.17, 15) is 9.59 Å². The molecule has 0 saturated carbocycles. The second-order valence-electron chi connectivity index (χ2n) is 7.52. The molecule has 3 rings (SSSR count). The summed E-state index contributed by atoms with van der Waals surface area (Å²) < 4.78 is 8.11. The molecule has 2 aromatic heterocycles. The number of carbonyl (C=O) groups excluding carboxylic acids is 2. The van der Waals surface area contributed by atoms with Gasteiger partial charge in [-0.3, -0.25) is 14.7 Å². The maximum atomic E-state index is 12.2. The Morgan fingerprint density at radius 2 is 1.87 bits per heavy atom. The number of thioether (sulfide) groups is 1. The van der Waals surface area contributed by atoms with Crippen LogP contribution in [0.15, 0.2) is 56.7 Å². The Morgan fingerprint density at radius 1 is 1.13 bits per heavy atom. The quantitative estimate of drug-likeness (QED) is 0.504. The van der Waals surface area contributed by atoms with Gasteiger partial charge in [-0.05, 0) is 54.4 Å². The number of benzene rings is 1. The fraction of sp³-hybridized carbons (Fsp3) is 0.300. The van der Waals surface area contributed by atoms with Crippen LogP contribution in [0, 0.1) is 0 Å². The van der Waals surface area contributed by atoms with E-state index < -0.39 is 17.5 Å². The van der Waals surface area contributed by atoms with E-state index in [0.29, 0.717) is 28.0 Å². The van der Waals surface area contributed by atoms with Crippen molar-refractivity contribution in [1.82, 2.24) is 25.4 Å². The van der Waals surface area contributed by atoms with Crippen LogP contribution in [0.4, 0.5) is 4.79 Å². The van der Waals surface area contributed by atoms with Crippen molar-refractivity contribution in [2.75, 3.05) is 5.75 Å². The average molecular weight is 492 g/mol. The minimum Gasteiger partial charge on any atom is -0.446 e. The Morgan fingerprint density at radius 3 is 2.50 bits per heavy atom. The molecule has 2 N–H and O–H groups in total. The van der Waals surface area contributed by atoms with E-state index in [2.05, 4.69) is 36.8 Å². The summed E-state index contributed by atoms with van der Waals surface area (Å²) in [5.41, 5.74) is 0.625. The Kier molecular flexibility index (Phi) is 6.99. The van der Waals surface area contributed by atoms with Gasteiger partial charge in [0.1, 0.15) is 0 Å². The van der Waals surface area contributed by atoms with Crippen molar-refractivity contribution in [3.63, 3.8) is 0 Å². The molecule has 1 aromatic carbocycles. The fourth-order valence-electron chi connectivity index (χ4n) is 2.59. The van der Waals surface area contributed by atoms with E-state index in [0.717, 1.165) is 5.56 Å². The van der Waals surface area contributed by atoms with Gasteiger partial charge in [0.2, 0.25) is 11.7 Å². The highest BCUT2D eigenvalue weighted by molar-refractivity contribution is 9.10. The van der Waals surface area contributed by atoms with Crippen molar-refractivity contribution in [3.8, 4) is 11.6 Å². The number of imide groups is 1. The summed E-state index contributed by atoms with van der Waals surface area (Å²) >= 11 is 4.50. The van der Waals surface area contributed by atoms with Crippen molar-refractivity contribution in [2.24, 2.45) is 0 Å². The third kappa shape index (κ3) is 6.20. The third-order valence-corrected chi connectivity index (χ3v) is 5.16. The molecule has 3 amide bonds. The first-order valence-electron chi connectivity index (χ1n) is 9.19. The van der Waals surface area contributed by atoms with Crippen LogP contribution in [0.2, 0.25) is 0 Å². The first kappa shape index (κ1) is 22.1. The van der Waals surface area contributed by atoms with Crippen molar-refractivity contribution in [3.05, 3.63) is 52.7 Å². The lowest BCUT2D eigenvalue weighted by atomic mass is 10.1. The molecule has 30 heavy (non-hydrogen) atoms. The monoisotopic (exact) mass is 491 g/mol. The molecular formula is C20H22BrN5O3S. The number of hydrogen-bond donors (Lipinski definition) is 2. The highest BCUT2D eigenvalue weighted by Crippen LogP contribution is 2.28. The molecule has 8 nitrogen and oxygen atoms in total. The Bertz CT molecular complexity index is 1030. The Hall–Kier alpha value is -2.59. The number of halogens is 1. The predicted molar refractivity (Wildman–Crippen MR) is 118 cm³/mol. The van der Waals surface area contributed by atoms with Gasteiger partial charge >= 0.3 is 6.03 Å². The van der Waals surface area contributed by atoms with E-state index >= 15 is 0 Å². The molecule has 0 radical (unpaired) electrons. The molecule has 3 aromatic rings. The molecule has 0 saturated heterocycles. The number of carbonyl (C=O) groups is 2. The topological polar surface area (TPSA) is 102 Å². The van der Waals surface area contributed by atoms with Crippen LogP contribution >= 0.6 is 27.7 Å². The standard InChI is InChI=1S/C20H22BrN5O3S/c1-20(2,3)23-18(28)22-16(27)12-30-19-25-24-17(14-9-10-15(21)29-14)26(19)11-13-7-5-4-6-8-13/h4-10H,11-12H2,1-3H3,(H2,22,23,27,28). The number of nitrogens with zero attached hydrogens (tertiary/aromatic N) is 3. The van der Waals surface area contributed by atoms with Crippen LogP contribution in [0.3, 0.4) is 0 Å². The van der Waals surface area contributed by atoms with Crippen LogP contribution in [0.1, 0.15) is 26.3 Å². The normalized spacial score (nSPS) is 11.3. The summed E-state index contributed by atoms with van der Waals surface area (Å²) in [6, 6.07) is 12.9. The predicted octanol–water partition coefficient (Wildman–Crippen LogP) is 4.07. The van der Waals surface area contributed by atoms with E-state index in [-0.39, 0.29) is 5.75 Å². The zero-order chi connectivity index (χ0) is 21.7. The maximum absolute atomic E-state index is 12.2. The highest BCUT2D eigenvalue weighted by atomic mass is 79.9. The van der Waals surface area contributed by atoms with Crippen molar-refractivity contribution >= 4 is 39.6 Å². The highest BCUT2D eigenvalue weighted by Gasteiger charge is 2.20. The summed E-state index contributed by atoms with van der Waals surface area (Å²) in [6.45, 7) is 6.03. The van der Waals surface area contributed by atoms with Crippen LogP contribution in [-0.2, 0) is 11.3 Å². The molecule has 0 unspecified atom stereocenters. The molecule has 158 valence electrons. The van der Waals surface area contributed by atoms with Crippen LogP contribution < -0.4 is 10.6 Å². The van der Waals surface area contributed by atoms with Gasteiger partial charge in [0, 0.05) is 5.54 Å². The zero-order valence-corrected chi connectivity index (χ0v) is 19.2. The summed E-state index contributed by atoms with van der Waals surface area (Å²) in [7, 11) is 0. The molecule has 0 aliphatic heterocycles. The number of aromatic nitrogens is 3. The van der Waals surface area contributed by atoms with Crippen molar-refractivity contribution in [1.29, 1.82) is 0 Å². The second kappa shape index (κ2) is 9.48. The molecular weight excluding hydrogens is 470 g/mol. The van der Waals surface area contributed by atoms with Gasteiger partial charge in [-0.1, -0.05) is 42.1 Å². The van der Waals surface area contributed by atoms with Gasteiger partial charge < -0.3 is 9.73 Å². The van der Waals surface area contributed by atoms with Crippen LogP contribution in [0.5, 0.6) is 0 Å². The van der Waals surface area contributed by atoms with E-state index in [4.69, 9.17) is 4.42 Å². The molecule has 0 aliphatic carbocycles. The average Bonchev–Trinajstić information content (AvgIpc) is 3.25. The smallest absolute Gasteiger partial charge is 0.321 e. The molecule has 0 spiro atoms. The number of nitrogens with one attached hydrogen (secondary N) is 2. The van der Waals surface area contributed by atoms with E-state index in [1.54, 1.807) is 12.1 Å². The van der Waals surface area contributed by atoms with Crippen molar-refractivity contribution < 1.29 is 14.0 Å². The molecule has 2 heterocycles. The lowest BCUT2D eigenvalue weighted by Gasteiger charge is -2.20. The minimum absolute atomic E-state index is 0.0202. The number of hydrogen-bond acceptors (Lipinski definition) is 6. The first-order chi connectivity index (χ1) is 14.2. The molecule has 0 fully saturated rings. The Labute approximate surface area is 186 Å². The number of furan rings is 1. The minimum atomic E-state index is -0.528. The lowest BCUT2D eigenvalue weighted by Crippen LogP contribution is -2.48. The van der Waals surface area contributed by atoms with Gasteiger partial charge in [0.15, 0.2) is 15.6 Å². The number of urea groups is 1. The van der Waals surface area contributed by atoms with Crippen LogP contribution in [0.25, 0.3) is 11.6 Å². The fourth-order valence-corrected chi connectivity index (χ4v) is 3.63. The summed E-state index contributed by atoms with van der Waals surface area (Å²) in [6.07, 6.45) is 0. The van der Waals surface area contributed by atoms with E-state index in [1.807, 2.05) is 55.7 Å². The zero-order valence-electron chi connectivity index (χ0n) is 16.8. The number of rotatable bonds is 6. The van der Waals surface area contributed by atoms with Crippen LogP contribution in [-0.4, -0.2) is 38.0 Å². The van der Waals surface area contributed by atoms with Gasteiger partial charge in [0.25, 0.3) is 0 Å². The number of amides is 3. The maximum Gasteiger partial charge on any atom is 0.321 e. The Balaban J connectivity index is 1.75. The molecule has 0 bridgehead atoms. The van der Waals surface area contributed by atoms with E-state index in [1.165, 1.54) is 11.8 Å². The first-order valence-corrected chi connectivity index (χ1v) is 11.0. The van der Waals surface area contributed by atoms with Gasteiger partial charge in [0.05, 0.1) is 12.3 Å². The SMILES string of the molecule is CC(C)(C)NC(=O)NC(=O)CSc1nnc(-c2ccc(Br)o2)n1Cc1ccccc1. The molecule has 0 atom stereocenters.